The number of carbonyl (C=O) groups is 1. The van der Waals surface area contributed by atoms with Crippen LogP contribution in [0.2, 0.25) is 0 Å². The first-order valence-corrected chi connectivity index (χ1v) is 5.23. The van der Waals surface area contributed by atoms with E-state index in [2.05, 4.69) is 12.2 Å². The highest BCUT2D eigenvalue weighted by Crippen LogP contribution is 1.91. The second-order valence-corrected chi connectivity index (χ2v) is 3.14. The Kier molecular flexibility index (Phi) is 8.57. The van der Waals surface area contributed by atoms with E-state index in [0.717, 1.165) is 26.1 Å². The molecule has 0 saturated carbocycles. The fourth-order valence-electron chi connectivity index (χ4n) is 1.21. The molecule has 0 atom stereocenters. The number of nitrogens with one attached hydrogen (secondary N) is 1. The Labute approximate surface area is 86.6 Å². The molecule has 4 heteroatoms. The van der Waals surface area contributed by atoms with Crippen LogP contribution in [0.25, 0.3) is 0 Å². The number of ether oxygens (including phenoxy) is 1. The van der Waals surface area contributed by atoms with Crippen LogP contribution >= 0.6 is 0 Å². The first-order chi connectivity index (χ1) is 6.76. The Morgan fingerprint density at radius 2 is 2.14 bits per heavy atom. The molecule has 0 aromatic carbocycles. The summed E-state index contributed by atoms with van der Waals surface area (Å²) in [6.07, 6.45) is 1.01. The van der Waals surface area contributed by atoms with Crippen molar-refractivity contribution in [3.63, 3.8) is 0 Å². The van der Waals surface area contributed by atoms with E-state index in [1.807, 2.05) is 11.8 Å². The Morgan fingerprint density at radius 1 is 1.43 bits per heavy atom. The number of hydrogen-bond acceptors (Lipinski definition) is 3. The third kappa shape index (κ3) is 5.94. The van der Waals surface area contributed by atoms with E-state index < -0.39 is 0 Å². The molecule has 84 valence electrons. The molecule has 0 radical (unpaired) electrons. The Hall–Kier alpha value is -0.610. The van der Waals surface area contributed by atoms with Gasteiger partial charge in [0.25, 0.3) is 0 Å². The predicted octanol–water partition coefficient (Wildman–Crippen LogP) is 0.481. The van der Waals surface area contributed by atoms with Crippen molar-refractivity contribution in [2.24, 2.45) is 0 Å². The minimum atomic E-state index is 0.172. The maximum Gasteiger partial charge on any atom is 0.236 e. The Morgan fingerprint density at radius 3 is 2.64 bits per heavy atom. The van der Waals surface area contributed by atoms with E-state index in [-0.39, 0.29) is 5.91 Å². The van der Waals surface area contributed by atoms with Crippen LogP contribution in [-0.4, -0.2) is 50.7 Å². The number of carbonyl (C=O) groups excluding carboxylic acids is 1. The molecule has 1 amide bonds. The first kappa shape index (κ1) is 13.4. The van der Waals surface area contributed by atoms with Gasteiger partial charge >= 0.3 is 0 Å². The standard InChI is InChI=1S/C10H22N2O2/c1-4-7-12(5-2)10(13)9-11-6-8-14-3/h11H,4-9H2,1-3H3. The van der Waals surface area contributed by atoms with Crippen molar-refractivity contribution in [1.29, 1.82) is 0 Å². The molecule has 0 aromatic rings. The summed E-state index contributed by atoms with van der Waals surface area (Å²) in [6, 6.07) is 0. The van der Waals surface area contributed by atoms with Crippen LogP contribution in [-0.2, 0) is 9.53 Å². The minimum absolute atomic E-state index is 0.172. The summed E-state index contributed by atoms with van der Waals surface area (Å²) in [5.41, 5.74) is 0. The SMILES string of the molecule is CCCN(CC)C(=O)CNCCOC. The van der Waals surface area contributed by atoms with Gasteiger partial charge in [-0.05, 0) is 13.3 Å². The maximum absolute atomic E-state index is 11.5. The van der Waals surface area contributed by atoms with Gasteiger partial charge in [0.15, 0.2) is 0 Å². The molecular formula is C10H22N2O2. The van der Waals surface area contributed by atoms with Gasteiger partial charge in [-0.3, -0.25) is 4.79 Å². The van der Waals surface area contributed by atoms with Crippen LogP contribution in [0.15, 0.2) is 0 Å². The first-order valence-electron chi connectivity index (χ1n) is 5.23. The predicted molar refractivity (Wildman–Crippen MR) is 57.3 cm³/mol. The van der Waals surface area contributed by atoms with Crippen LogP contribution in [0, 0.1) is 0 Å². The quantitative estimate of drug-likeness (QED) is 0.582. The third-order valence-electron chi connectivity index (χ3n) is 1.99. The summed E-state index contributed by atoms with van der Waals surface area (Å²) in [6.45, 7) is 7.51. The number of likely N-dealkylation sites (N-methyl/N-ethyl adjacent to an activating group) is 1. The molecule has 0 fully saturated rings. The summed E-state index contributed by atoms with van der Waals surface area (Å²) in [7, 11) is 1.65. The Balaban J connectivity index is 3.58. The average Bonchev–Trinajstić information content (AvgIpc) is 2.20. The van der Waals surface area contributed by atoms with Crippen LogP contribution in [0.1, 0.15) is 20.3 Å². The molecule has 14 heavy (non-hydrogen) atoms. The molecule has 0 unspecified atom stereocenters. The van der Waals surface area contributed by atoms with E-state index in [1.54, 1.807) is 7.11 Å². The molecule has 0 aliphatic rings. The maximum atomic E-state index is 11.5. The highest BCUT2D eigenvalue weighted by atomic mass is 16.5. The summed E-state index contributed by atoms with van der Waals surface area (Å²) in [4.78, 5) is 13.4. The molecule has 4 nitrogen and oxygen atoms in total. The van der Waals surface area contributed by atoms with Crippen molar-refractivity contribution >= 4 is 5.91 Å². The fourth-order valence-corrected chi connectivity index (χ4v) is 1.21. The lowest BCUT2D eigenvalue weighted by Gasteiger charge is -2.20. The zero-order valence-corrected chi connectivity index (χ0v) is 9.51. The van der Waals surface area contributed by atoms with Crippen molar-refractivity contribution in [3.05, 3.63) is 0 Å². The molecule has 0 rings (SSSR count). The molecule has 0 saturated heterocycles. The van der Waals surface area contributed by atoms with E-state index >= 15 is 0 Å². The number of nitrogens with zero attached hydrogens (tertiary/aromatic N) is 1. The normalized spacial score (nSPS) is 10.2. The molecule has 0 aliphatic heterocycles. The minimum Gasteiger partial charge on any atom is -0.383 e. The van der Waals surface area contributed by atoms with Gasteiger partial charge in [-0.1, -0.05) is 6.92 Å². The lowest BCUT2D eigenvalue weighted by Crippen LogP contribution is -2.39. The largest absolute Gasteiger partial charge is 0.383 e. The highest BCUT2D eigenvalue weighted by Gasteiger charge is 2.08. The van der Waals surface area contributed by atoms with Gasteiger partial charge in [0.05, 0.1) is 13.2 Å². The van der Waals surface area contributed by atoms with Crippen LogP contribution in [0.5, 0.6) is 0 Å². The Bertz CT molecular complexity index is 151. The van der Waals surface area contributed by atoms with Gasteiger partial charge in [0.1, 0.15) is 0 Å². The number of amides is 1. The zero-order valence-electron chi connectivity index (χ0n) is 9.51. The smallest absolute Gasteiger partial charge is 0.236 e. The van der Waals surface area contributed by atoms with Gasteiger partial charge in [0, 0.05) is 26.7 Å². The summed E-state index contributed by atoms with van der Waals surface area (Å²) >= 11 is 0. The van der Waals surface area contributed by atoms with Gasteiger partial charge in [-0.25, -0.2) is 0 Å². The second-order valence-electron chi connectivity index (χ2n) is 3.14. The monoisotopic (exact) mass is 202 g/mol. The van der Waals surface area contributed by atoms with Crippen LogP contribution in [0.3, 0.4) is 0 Å². The topological polar surface area (TPSA) is 41.6 Å². The van der Waals surface area contributed by atoms with E-state index in [4.69, 9.17) is 4.74 Å². The summed E-state index contributed by atoms with van der Waals surface area (Å²) in [5.74, 6) is 0.172. The van der Waals surface area contributed by atoms with Gasteiger partial charge < -0.3 is 15.0 Å². The molecule has 0 bridgehead atoms. The second kappa shape index (κ2) is 8.97. The van der Waals surface area contributed by atoms with Crippen LogP contribution < -0.4 is 5.32 Å². The van der Waals surface area contributed by atoms with Crippen molar-refractivity contribution in [3.8, 4) is 0 Å². The highest BCUT2D eigenvalue weighted by molar-refractivity contribution is 5.78. The van der Waals surface area contributed by atoms with Crippen molar-refractivity contribution in [2.45, 2.75) is 20.3 Å². The molecule has 1 N–H and O–H groups in total. The number of rotatable bonds is 8. The third-order valence-corrected chi connectivity index (χ3v) is 1.99. The number of hydrogen-bond donors (Lipinski definition) is 1. The molecular weight excluding hydrogens is 180 g/mol. The van der Waals surface area contributed by atoms with Crippen molar-refractivity contribution in [1.82, 2.24) is 10.2 Å². The molecule has 0 aromatic heterocycles. The lowest BCUT2D eigenvalue weighted by atomic mass is 10.4. The summed E-state index contributed by atoms with van der Waals surface area (Å²) < 4.78 is 4.87. The van der Waals surface area contributed by atoms with Gasteiger partial charge in [-0.2, -0.15) is 0 Å². The molecule has 0 heterocycles. The number of methoxy groups -OCH3 is 1. The average molecular weight is 202 g/mol. The zero-order chi connectivity index (χ0) is 10.8. The lowest BCUT2D eigenvalue weighted by molar-refractivity contribution is -0.130. The van der Waals surface area contributed by atoms with E-state index in [9.17, 15) is 4.79 Å². The van der Waals surface area contributed by atoms with E-state index in [0.29, 0.717) is 13.2 Å². The fraction of sp³-hybridized carbons (Fsp3) is 0.900. The molecule has 0 aliphatic carbocycles. The summed E-state index contributed by atoms with van der Waals surface area (Å²) in [5, 5.41) is 3.04. The van der Waals surface area contributed by atoms with Gasteiger partial charge in [-0.15, -0.1) is 0 Å². The van der Waals surface area contributed by atoms with Gasteiger partial charge in [0.2, 0.25) is 5.91 Å². The van der Waals surface area contributed by atoms with E-state index in [1.165, 1.54) is 0 Å². The van der Waals surface area contributed by atoms with Crippen LogP contribution in [0.4, 0.5) is 0 Å². The van der Waals surface area contributed by atoms with Crippen molar-refractivity contribution in [2.75, 3.05) is 39.9 Å². The molecule has 0 spiro atoms. The van der Waals surface area contributed by atoms with Crippen molar-refractivity contribution < 1.29 is 9.53 Å².